The van der Waals surface area contributed by atoms with Crippen LogP contribution in [0, 0.1) is 5.92 Å². The van der Waals surface area contributed by atoms with Crippen molar-refractivity contribution in [2.75, 3.05) is 20.2 Å². The van der Waals surface area contributed by atoms with Crippen molar-refractivity contribution >= 4 is 0 Å². The summed E-state index contributed by atoms with van der Waals surface area (Å²) in [6.07, 6.45) is 2.56. The molecular weight excluding hydrogens is 210 g/mol. The number of nitrogens with one attached hydrogen (secondary N) is 1. The van der Waals surface area contributed by atoms with E-state index in [1.807, 2.05) is 0 Å². The Kier molecular flexibility index (Phi) is 4.57. The van der Waals surface area contributed by atoms with Gasteiger partial charge in [-0.3, -0.25) is 0 Å². The van der Waals surface area contributed by atoms with E-state index >= 15 is 0 Å². The zero-order valence-electron chi connectivity index (χ0n) is 10.9. The van der Waals surface area contributed by atoms with Gasteiger partial charge < -0.3 is 10.1 Å². The average molecular weight is 233 g/mol. The second-order valence-electron chi connectivity index (χ2n) is 4.98. The normalized spacial score (nSPS) is 22.7. The van der Waals surface area contributed by atoms with Crippen LogP contribution in [0.1, 0.15) is 36.8 Å². The van der Waals surface area contributed by atoms with Crippen molar-refractivity contribution in [2.24, 2.45) is 5.92 Å². The van der Waals surface area contributed by atoms with Gasteiger partial charge in [0.1, 0.15) is 0 Å². The molecule has 2 rings (SSSR count). The summed E-state index contributed by atoms with van der Waals surface area (Å²) < 4.78 is 5.18. The maximum absolute atomic E-state index is 5.18. The molecule has 1 fully saturated rings. The minimum atomic E-state index is 0.722. The molecule has 1 aromatic rings. The van der Waals surface area contributed by atoms with Gasteiger partial charge in [-0.25, -0.2) is 0 Å². The molecule has 17 heavy (non-hydrogen) atoms. The summed E-state index contributed by atoms with van der Waals surface area (Å²) in [6.45, 7) is 5.25. The van der Waals surface area contributed by atoms with Crippen LogP contribution in [0.4, 0.5) is 0 Å². The summed E-state index contributed by atoms with van der Waals surface area (Å²) in [6, 6.07) is 8.84. The molecule has 0 amide bonds. The lowest BCUT2D eigenvalue weighted by Crippen LogP contribution is -2.17. The molecule has 0 heterocycles. The van der Waals surface area contributed by atoms with Gasteiger partial charge in [-0.1, -0.05) is 31.2 Å². The molecule has 2 unspecified atom stereocenters. The molecule has 2 nitrogen and oxygen atoms in total. The summed E-state index contributed by atoms with van der Waals surface area (Å²) in [7, 11) is 1.75. The van der Waals surface area contributed by atoms with Crippen LogP contribution in [0.3, 0.4) is 0 Å². The highest BCUT2D eigenvalue weighted by atomic mass is 16.5. The second-order valence-corrected chi connectivity index (χ2v) is 4.98. The Labute approximate surface area is 104 Å². The van der Waals surface area contributed by atoms with E-state index < -0.39 is 0 Å². The third-order valence-corrected chi connectivity index (χ3v) is 3.45. The summed E-state index contributed by atoms with van der Waals surface area (Å²) in [4.78, 5) is 0. The van der Waals surface area contributed by atoms with Crippen LogP contribution in [-0.2, 0) is 11.3 Å². The first-order valence-corrected chi connectivity index (χ1v) is 6.63. The topological polar surface area (TPSA) is 21.3 Å². The first-order valence-electron chi connectivity index (χ1n) is 6.63. The fraction of sp³-hybridized carbons (Fsp3) is 0.600. The van der Waals surface area contributed by atoms with Crippen LogP contribution in [0.2, 0.25) is 0 Å². The number of hydrogen-bond donors (Lipinski definition) is 1. The number of hydrogen-bond acceptors (Lipinski definition) is 2. The lowest BCUT2D eigenvalue weighted by Gasteiger charge is -2.05. The Bertz CT molecular complexity index is 351. The molecule has 0 aromatic heterocycles. The van der Waals surface area contributed by atoms with E-state index in [-0.39, 0.29) is 0 Å². The molecule has 2 heteroatoms. The fourth-order valence-corrected chi connectivity index (χ4v) is 2.43. The number of methoxy groups -OCH3 is 1. The molecule has 94 valence electrons. The predicted molar refractivity (Wildman–Crippen MR) is 71.2 cm³/mol. The molecule has 0 spiro atoms. The highest BCUT2D eigenvalue weighted by molar-refractivity contribution is 5.30. The van der Waals surface area contributed by atoms with E-state index in [9.17, 15) is 0 Å². The molecule has 1 aromatic carbocycles. The Morgan fingerprint density at radius 1 is 1.41 bits per heavy atom. The van der Waals surface area contributed by atoms with Crippen LogP contribution in [0.25, 0.3) is 0 Å². The molecule has 1 saturated carbocycles. The zero-order chi connectivity index (χ0) is 12.1. The van der Waals surface area contributed by atoms with Gasteiger partial charge in [0.2, 0.25) is 0 Å². The maximum atomic E-state index is 5.18. The van der Waals surface area contributed by atoms with Crippen molar-refractivity contribution in [1.82, 2.24) is 5.32 Å². The standard InChI is InChI=1S/C15H23NO/c1-3-7-16-10-14-9-15(14)13-6-4-5-12(8-13)11-17-2/h4-6,8,14-16H,3,7,9-11H2,1-2H3. The van der Waals surface area contributed by atoms with Crippen molar-refractivity contribution in [3.63, 3.8) is 0 Å². The quantitative estimate of drug-likeness (QED) is 0.731. The smallest absolute Gasteiger partial charge is 0.0713 e. The zero-order valence-corrected chi connectivity index (χ0v) is 10.9. The van der Waals surface area contributed by atoms with Gasteiger partial charge in [0.25, 0.3) is 0 Å². The van der Waals surface area contributed by atoms with Crippen LogP contribution in [-0.4, -0.2) is 20.2 Å². The van der Waals surface area contributed by atoms with Gasteiger partial charge in [0, 0.05) is 7.11 Å². The number of ether oxygens (including phenoxy) is 1. The summed E-state index contributed by atoms with van der Waals surface area (Å²) in [5.41, 5.74) is 2.78. The number of benzene rings is 1. The van der Waals surface area contributed by atoms with Crippen molar-refractivity contribution in [3.05, 3.63) is 35.4 Å². The van der Waals surface area contributed by atoms with Crippen LogP contribution in [0.15, 0.2) is 24.3 Å². The van der Waals surface area contributed by atoms with Gasteiger partial charge in [-0.15, -0.1) is 0 Å². The fourth-order valence-electron chi connectivity index (χ4n) is 2.43. The first-order chi connectivity index (χ1) is 8.35. The van der Waals surface area contributed by atoms with E-state index in [0.29, 0.717) is 0 Å². The molecule has 0 bridgehead atoms. The Morgan fingerprint density at radius 2 is 2.29 bits per heavy atom. The van der Waals surface area contributed by atoms with Crippen molar-refractivity contribution in [2.45, 2.75) is 32.3 Å². The molecular formula is C15H23NO. The monoisotopic (exact) mass is 233 g/mol. The molecule has 1 aliphatic carbocycles. The van der Waals surface area contributed by atoms with Gasteiger partial charge in [-0.05, 0) is 48.9 Å². The van der Waals surface area contributed by atoms with Gasteiger partial charge in [0.05, 0.1) is 6.61 Å². The minimum Gasteiger partial charge on any atom is -0.380 e. The SMILES string of the molecule is CCCNCC1CC1c1cccc(COC)c1. The van der Waals surface area contributed by atoms with Crippen molar-refractivity contribution in [1.29, 1.82) is 0 Å². The Balaban J connectivity index is 1.85. The van der Waals surface area contributed by atoms with Gasteiger partial charge in [0.15, 0.2) is 0 Å². The molecule has 1 N–H and O–H groups in total. The summed E-state index contributed by atoms with van der Waals surface area (Å²) >= 11 is 0. The lowest BCUT2D eigenvalue weighted by molar-refractivity contribution is 0.185. The van der Waals surface area contributed by atoms with E-state index in [1.54, 1.807) is 7.11 Å². The Morgan fingerprint density at radius 3 is 3.06 bits per heavy atom. The van der Waals surface area contributed by atoms with Gasteiger partial charge in [-0.2, -0.15) is 0 Å². The highest BCUT2D eigenvalue weighted by Gasteiger charge is 2.37. The third-order valence-electron chi connectivity index (χ3n) is 3.45. The molecule has 0 radical (unpaired) electrons. The summed E-state index contributed by atoms with van der Waals surface area (Å²) in [5.74, 6) is 1.62. The van der Waals surface area contributed by atoms with Crippen LogP contribution < -0.4 is 5.32 Å². The number of rotatable bonds is 7. The second kappa shape index (κ2) is 6.18. The third kappa shape index (κ3) is 3.55. The first kappa shape index (κ1) is 12.6. The largest absolute Gasteiger partial charge is 0.380 e. The highest BCUT2D eigenvalue weighted by Crippen LogP contribution is 2.47. The van der Waals surface area contributed by atoms with E-state index in [1.165, 1.54) is 30.5 Å². The molecule has 0 saturated heterocycles. The van der Waals surface area contributed by atoms with E-state index in [0.717, 1.165) is 25.0 Å². The Hall–Kier alpha value is -0.860. The minimum absolute atomic E-state index is 0.722. The average Bonchev–Trinajstić information content (AvgIpc) is 3.10. The predicted octanol–water partition coefficient (Wildman–Crippen LogP) is 2.94. The molecule has 1 aliphatic rings. The van der Waals surface area contributed by atoms with Crippen LogP contribution in [0.5, 0.6) is 0 Å². The van der Waals surface area contributed by atoms with Gasteiger partial charge >= 0.3 is 0 Å². The van der Waals surface area contributed by atoms with Crippen molar-refractivity contribution < 1.29 is 4.74 Å². The summed E-state index contributed by atoms with van der Waals surface area (Å²) in [5, 5.41) is 3.51. The molecule has 2 atom stereocenters. The van der Waals surface area contributed by atoms with E-state index in [4.69, 9.17) is 4.74 Å². The maximum Gasteiger partial charge on any atom is 0.0713 e. The van der Waals surface area contributed by atoms with Crippen molar-refractivity contribution in [3.8, 4) is 0 Å². The molecule has 0 aliphatic heterocycles. The van der Waals surface area contributed by atoms with Crippen LogP contribution >= 0.6 is 0 Å². The van der Waals surface area contributed by atoms with E-state index in [2.05, 4.69) is 36.5 Å². The lowest BCUT2D eigenvalue weighted by atomic mass is 10.1.